The van der Waals surface area contributed by atoms with E-state index in [0.717, 1.165) is 0 Å². The van der Waals surface area contributed by atoms with Crippen LogP contribution in [-0.2, 0) is 11.4 Å². The standard InChI is InChI=1S/C10H17N3O2/c1-4-12(3)10(15)8(2)13-7-11-5-9(13)6-14/h5,7-8,14H,4,6H2,1-3H3. The molecule has 0 fully saturated rings. The van der Waals surface area contributed by atoms with Crippen molar-refractivity contribution in [3.8, 4) is 0 Å². The lowest BCUT2D eigenvalue weighted by molar-refractivity contribution is -0.132. The van der Waals surface area contributed by atoms with Gasteiger partial charge in [-0.1, -0.05) is 0 Å². The van der Waals surface area contributed by atoms with Crippen LogP contribution >= 0.6 is 0 Å². The number of carbonyl (C=O) groups is 1. The summed E-state index contributed by atoms with van der Waals surface area (Å²) < 4.78 is 1.69. The summed E-state index contributed by atoms with van der Waals surface area (Å²) in [5.41, 5.74) is 0.653. The summed E-state index contributed by atoms with van der Waals surface area (Å²) in [7, 11) is 1.76. The average molecular weight is 211 g/mol. The number of imidazole rings is 1. The van der Waals surface area contributed by atoms with Gasteiger partial charge in [0.2, 0.25) is 5.91 Å². The number of hydrogen-bond acceptors (Lipinski definition) is 3. The average Bonchev–Trinajstić information content (AvgIpc) is 2.73. The number of hydrogen-bond donors (Lipinski definition) is 1. The summed E-state index contributed by atoms with van der Waals surface area (Å²) in [5.74, 6) is 0.0187. The minimum absolute atomic E-state index is 0.0187. The van der Waals surface area contributed by atoms with Crippen LogP contribution in [0.3, 0.4) is 0 Å². The van der Waals surface area contributed by atoms with E-state index in [4.69, 9.17) is 5.11 Å². The summed E-state index contributed by atoms with van der Waals surface area (Å²) in [6, 6.07) is -0.320. The Morgan fingerprint density at radius 3 is 2.93 bits per heavy atom. The maximum atomic E-state index is 11.8. The second-order valence-electron chi connectivity index (χ2n) is 3.48. The molecule has 1 aromatic heterocycles. The van der Waals surface area contributed by atoms with Gasteiger partial charge in [0.1, 0.15) is 6.04 Å². The number of aromatic nitrogens is 2. The molecular weight excluding hydrogens is 194 g/mol. The topological polar surface area (TPSA) is 58.4 Å². The zero-order chi connectivity index (χ0) is 11.4. The monoisotopic (exact) mass is 211 g/mol. The van der Waals surface area contributed by atoms with E-state index < -0.39 is 0 Å². The predicted molar refractivity (Wildman–Crippen MR) is 56.2 cm³/mol. The van der Waals surface area contributed by atoms with Crippen LogP contribution in [0.4, 0.5) is 0 Å². The van der Waals surface area contributed by atoms with Crippen molar-refractivity contribution < 1.29 is 9.90 Å². The van der Waals surface area contributed by atoms with E-state index in [0.29, 0.717) is 12.2 Å². The van der Waals surface area contributed by atoms with Gasteiger partial charge in [-0.25, -0.2) is 4.98 Å². The van der Waals surface area contributed by atoms with E-state index in [1.807, 2.05) is 6.92 Å². The van der Waals surface area contributed by atoms with E-state index in [2.05, 4.69) is 4.98 Å². The van der Waals surface area contributed by atoms with Crippen molar-refractivity contribution in [3.05, 3.63) is 18.2 Å². The Hall–Kier alpha value is -1.36. The molecule has 0 bridgehead atoms. The van der Waals surface area contributed by atoms with Crippen molar-refractivity contribution in [2.24, 2.45) is 0 Å². The van der Waals surface area contributed by atoms with Crippen molar-refractivity contribution >= 4 is 5.91 Å². The van der Waals surface area contributed by atoms with E-state index in [1.54, 1.807) is 36.0 Å². The molecule has 1 atom stereocenters. The highest BCUT2D eigenvalue weighted by atomic mass is 16.3. The first-order valence-electron chi connectivity index (χ1n) is 4.98. The fourth-order valence-corrected chi connectivity index (χ4v) is 1.40. The molecule has 5 heteroatoms. The molecule has 0 aliphatic rings. The molecular formula is C10H17N3O2. The second-order valence-corrected chi connectivity index (χ2v) is 3.48. The lowest BCUT2D eigenvalue weighted by Gasteiger charge is -2.21. The highest BCUT2D eigenvalue weighted by Crippen LogP contribution is 2.12. The van der Waals surface area contributed by atoms with Crippen LogP contribution in [-0.4, -0.2) is 39.1 Å². The van der Waals surface area contributed by atoms with Crippen LogP contribution < -0.4 is 0 Å². The van der Waals surface area contributed by atoms with E-state index in [-0.39, 0.29) is 18.6 Å². The second kappa shape index (κ2) is 4.93. The van der Waals surface area contributed by atoms with Crippen LogP contribution in [0.1, 0.15) is 25.6 Å². The molecule has 84 valence electrons. The fraction of sp³-hybridized carbons (Fsp3) is 0.600. The Labute approximate surface area is 89.3 Å². The first kappa shape index (κ1) is 11.7. The number of aliphatic hydroxyl groups excluding tert-OH is 1. The lowest BCUT2D eigenvalue weighted by atomic mass is 10.2. The molecule has 0 spiro atoms. The smallest absolute Gasteiger partial charge is 0.245 e. The quantitative estimate of drug-likeness (QED) is 0.785. The van der Waals surface area contributed by atoms with Crippen LogP contribution in [0.2, 0.25) is 0 Å². The third-order valence-corrected chi connectivity index (χ3v) is 2.53. The number of rotatable bonds is 4. The largest absolute Gasteiger partial charge is 0.390 e. The molecule has 15 heavy (non-hydrogen) atoms. The van der Waals surface area contributed by atoms with Gasteiger partial charge in [0.05, 0.1) is 24.8 Å². The fourth-order valence-electron chi connectivity index (χ4n) is 1.40. The van der Waals surface area contributed by atoms with Crippen molar-refractivity contribution in [2.75, 3.05) is 13.6 Å². The number of amides is 1. The predicted octanol–water partition coefficient (Wildman–Crippen LogP) is 0.415. The van der Waals surface area contributed by atoms with Crippen LogP contribution in [0.25, 0.3) is 0 Å². The van der Waals surface area contributed by atoms with Gasteiger partial charge in [0, 0.05) is 13.6 Å². The molecule has 1 rings (SSSR count). The van der Waals surface area contributed by atoms with Crippen LogP contribution in [0.5, 0.6) is 0 Å². The zero-order valence-corrected chi connectivity index (χ0v) is 9.34. The normalized spacial score (nSPS) is 12.5. The maximum Gasteiger partial charge on any atom is 0.245 e. The number of carbonyl (C=O) groups excluding carboxylic acids is 1. The molecule has 0 aliphatic heterocycles. The minimum Gasteiger partial charge on any atom is -0.390 e. The third kappa shape index (κ3) is 2.36. The number of aliphatic hydroxyl groups is 1. The molecule has 0 aromatic carbocycles. The molecule has 1 unspecified atom stereocenters. The SMILES string of the molecule is CCN(C)C(=O)C(C)n1cncc1CO. The van der Waals surface area contributed by atoms with Crippen LogP contribution in [0.15, 0.2) is 12.5 Å². The summed E-state index contributed by atoms with van der Waals surface area (Å²) in [5, 5.41) is 9.05. The summed E-state index contributed by atoms with van der Waals surface area (Å²) >= 11 is 0. The Morgan fingerprint density at radius 2 is 2.40 bits per heavy atom. The first-order valence-corrected chi connectivity index (χ1v) is 4.98. The molecule has 1 N–H and O–H groups in total. The van der Waals surface area contributed by atoms with E-state index in [9.17, 15) is 4.79 Å². The summed E-state index contributed by atoms with van der Waals surface area (Å²) in [4.78, 5) is 17.4. The van der Waals surface area contributed by atoms with Gasteiger partial charge in [0.25, 0.3) is 0 Å². The summed E-state index contributed by atoms with van der Waals surface area (Å²) in [6.45, 7) is 4.29. The Balaban J connectivity index is 2.84. The molecule has 5 nitrogen and oxygen atoms in total. The molecule has 1 heterocycles. The number of nitrogens with zero attached hydrogens (tertiary/aromatic N) is 3. The van der Waals surface area contributed by atoms with Gasteiger partial charge in [-0.05, 0) is 13.8 Å². The van der Waals surface area contributed by atoms with Crippen molar-refractivity contribution in [2.45, 2.75) is 26.5 Å². The summed E-state index contributed by atoms with van der Waals surface area (Å²) in [6.07, 6.45) is 3.13. The van der Waals surface area contributed by atoms with Crippen molar-refractivity contribution in [1.29, 1.82) is 0 Å². The van der Waals surface area contributed by atoms with Gasteiger partial charge in [-0.2, -0.15) is 0 Å². The maximum absolute atomic E-state index is 11.8. The minimum atomic E-state index is -0.320. The Bertz CT molecular complexity index is 335. The van der Waals surface area contributed by atoms with E-state index >= 15 is 0 Å². The van der Waals surface area contributed by atoms with Gasteiger partial charge >= 0.3 is 0 Å². The first-order chi connectivity index (χ1) is 7.11. The Morgan fingerprint density at radius 1 is 1.73 bits per heavy atom. The zero-order valence-electron chi connectivity index (χ0n) is 9.34. The van der Waals surface area contributed by atoms with Crippen LogP contribution in [0, 0.1) is 0 Å². The molecule has 1 aromatic rings. The van der Waals surface area contributed by atoms with Gasteiger partial charge in [0.15, 0.2) is 0 Å². The lowest BCUT2D eigenvalue weighted by Crippen LogP contribution is -2.33. The Kier molecular flexibility index (Phi) is 3.85. The van der Waals surface area contributed by atoms with Gasteiger partial charge < -0.3 is 14.6 Å². The molecule has 0 aliphatic carbocycles. The molecule has 1 amide bonds. The molecule has 0 saturated carbocycles. The van der Waals surface area contributed by atoms with Gasteiger partial charge in [-0.15, -0.1) is 0 Å². The van der Waals surface area contributed by atoms with Crippen molar-refractivity contribution in [1.82, 2.24) is 14.5 Å². The van der Waals surface area contributed by atoms with E-state index in [1.165, 1.54) is 0 Å². The van der Waals surface area contributed by atoms with Gasteiger partial charge in [-0.3, -0.25) is 4.79 Å². The van der Waals surface area contributed by atoms with Crippen molar-refractivity contribution in [3.63, 3.8) is 0 Å². The number of likely N-dealkylation sites (N-methyl/N-ethyl adjacent to an activating group) is 1. The highest BCUT2D eigenvalue weighted by molar-refractivity contribution is 5.79. The highest BCUT2D eigenvalue weighted by Gasteiger charge is 2.19. The molecule has 0 saturated heterocycles. The third-order valence-electron chi connectivity index (χ3n) is 2.53. The molecule has 0 radical (unpaired) electrons.